The molecule has 0 unspecified atom stereocenters. The Kier molecular flexibility index (Phi) is 4.82. The van der Waals surface area contributed by atoms with Crippen LogP contribution in [-0.2, 0) is 11.3 Å². The molecule has 1 heterocycles. The maximum Gasteiger partial charge on any atom is 0.145 e. The fourth-order valence-corrected chi connectivity index (χ4v) is 1.86. The molecule has 0 saturated heterocycles. The Balaban J connectivity index is 3.13. The molecule has 6 heteroatoms. The summed E-state index contributed by atoms with van der Waals surface area (Å²) in [5, 5.41) is 8.14. The molecule has 0 atom stereocenters. The van der Waals surface area contributed by atoms with Gasteiger partial charge in [-0.05, 0) is 12.8 Å². The molecular formula is C10H18N4OS. The molecule has 0 amide bonds. The smallest absolute Gasteiger partial charge is 0.145 e. The summed E-state index contributed by atoms with van der Waals surface area (Å²) in [5.74, 6) is 0. The molecule has 0 saturated carbocycles. The van der Waals surface area contributed by atoms with Crippen molar-refractivity contribution < 1.29 is 4.74 Å². The molecule has 90 valence electrons. The van der Waals surface area contributed by atoms with Gasteiger partial charge in [0.2, 0.25) is 0 Å². The van der Waals surface area contributed by atoms with E-state index in [9.17, 15) is 0 Å². The standard InChI is InChI=1S/C10H18N4OS/c1-4-7(5-2)14-8(6-15-3)9(10(11)16)12-13-14/h7H,4-6H2,1-3H3,(H2,11,16). The minimum atomic E-state index is 0.268. The third-order valence-electron chi connectivity index (χ3n) is 2.59. The van der Waals surface area contributed by atoms with E-state index in [2.05, 4.69) is 24.2 Å². The van der Waals surface area contributed by atoms with Crippen LogP contribution in [0.15, 0.2) is 0 Å². The second-order valence-electron chi connectivity index (χ2n) is 3.60. The van der Waals surface area contributed by atoms with Crippen LogP contribution in [0, 0.1) is 0 Å². The van der Waals surface area contributed by atoms with Crippen LogP contribution in [0.25, 0.3) is 0 Å². The van der Waals surface area contributed by atoms with Crippen molar-refractivity contribution in [2.75, 3.05) is 7.11 Å². The van der Waals surface area contributed by atoms with Crippen molar-refractivity contribution in [2.24, 2.45) is 5.73 Å². The van der Waals surface area contributed by atoms with E-state index in [1.165, 1.54) is 0 Å². The van der Waals surface area contributed by atoms with Gasteiger partial charge in [-0.1, -0.05) is 31.3 Å². The Labute approximate surface area is 101 Å². The van der Waals surface area contributed by atoms with Gasteiger partial charge in [0.15, 0.2) is 0 Å². The number of nitrogens with two attached hydrogens (primary N) is 1. The Morgan fingerprint density at radius 1 is 1.50 bits per heavy atom. The molecule has 0 aliphatic heterocycles. The van der Waals surface area contributed by atoms with Gasteiger partial charge in [-0.25, -0.2) is 4.68 Å². The number of hydrogen-bond acceptors (Lipinski definition) is 4. The summed E-state index contributed by atoms with van der Waals surface area (Å²) < 4.78 is 7.01. The molecule has 0 aliphatic carbocycles. The van der Waals surface area contributed by atoms with Gasteiger partial charge in [0.25, 0.3) is 0 Å². The second kappa shape index (κ2) is 5.91. The summed E-state index contributed by atoms with van der Waals surface area (Å²) >= 11 is 4.94. The molecule has 5 nitrogen and oxygen atoms in total. The van der Waals surface area contributed by atoms with Crippen LogP contribution in [0.5, 0.6) is 0 Å². The molecule has 0 aliphatic rings. The monoisotopic (exact) mass is 242 g/mol. The van der Waals surface area contributed by atoms with Gasteiger partial charge in [0.1, 0.15) is 10.7 Å². The van der Waals surface area contributed by atoms with E-state index >= 15 is 0 Å². The van der Waals surface area contributed by atoms with Crippen molar-refractivity contribution in [3.63, 3.8) is 0 Å². The van der Waals surface area contributed by atoms with Gasteiger partial charge in [0.05, 0.1) is 18.3 Å². The molecule has 2 N–H and O–H groups in total. The van der Waals surface area contributed by atoms with E-state index in [-0.39, 0.29) is 4.99 Å². The molecule has 1 aromatic rings. The van der Waals surface area contributed by atoms with Crippen molar-refractivity contribution in [1.29, 1.82) is 0 Å². The number of nitrogens with zero attached hydrogens (tertiary/aromatic N) is 3. The molecule has 16 heavy (non-hydrogen) atoms. The molecular weight excluding hydrogens is 224 g/mol. The first-order valence-corrected chi connectivity index (χ1v) is 5.79. The van der Waals surface area contributed by atoms with Gasteiger partial charge in [0, 0.05) is 7.11 Å². The van der Waals surface area contributed by atoms with Crippen molar-refractivity contribution in [3.05, 3.63) is 11.4 Å². The van der Waals surface area contributed by atoms with Crippen LogP contribution in [0.4, 0.5) is 0 Å². The lowest BCUT2D eigenvalue weighted by Gasteiger charge is -2.15. The average Bonchev–Trinajstić information content (AvgIpc) is 2.65. The van der Waals surface area contributed by atoms with Gasteiger partial charge in [-0.15, -0.1) is 5.10 Å². The number of thiocarbonyl (C=S) groups is 1. The third-order valence-corrected chi connectivity index (χ3v) is 2.79. The highest BCUT2D eigenvalue weighted by atomic mass is 32.1. The topological polar surface area (TPSA) is 66.0 Å². The minimum Gasteiger partial charge on any atom is -0.388 e. The zero-order valence-corrected chi connectivity index (χ0v) is 10.8. The lowest BCUT2D eigenvalue weighted by Crippen LogP contribution is -2.17. The zero-order valence-electron chi connectivity index (χ0n) is 9.93. The number of ether oxygens (including phenoxy) is 1. The highest BCUT2D eigenvalue weighted by Gasteiger charge is 2.19. The van der Waals surface area contributed by atoms with E-state index < -0.39 is 0 Å². The molecule has 0 fully saturated rings. The van der Waals surface area contributed by atoms with Crippen LogP contribution in [0.2, 0.25) is 0 Å². The first kappa shape index (κ1) is 13.1. The molecule has 0 aromatic carbocycles. The molecule has 0 radical (unpaired) electrons. The number of aromatic nitrogens is 3. The van der Waals surface area contributed by atoms with E-state index in [1.54, 1.807) is 7.11 Å². The normalized spacial score (nSPS) is 11.0. The van der Waals surface area contributed by atoms with Gasteiger partial charge < -0.3 is 10.5 Å². The Bertz CT molecular complexity index is 360. The number of rotatable bonds is 6. The van der Waals surface area contributed by atoms with Crippen molar-refractivity contribution in [1.82, 2.24) is 15.0 Å². The highest BCUT2D eigenvalue weighted by Crippen LogP contribution is 2.19. The summed E-state index contributed by atoms with van der Waals surface area (Å²) in [7, 11) is 1.63. The van der Waals surface area contributed by atoms with Gasteiger partial charge in [-0.3, -0.25) is 0 Å². The van der Waals surface area contributed by atoms with E-state index in [1.807, 2.05) is 4.68 Å². The predicted octanol–water partition coefficient (Wildman–Crippen LogP) is 1.42. The number of hydrogen-bond donors (Lipinski definition) is 1. The quantitative estimate of drug-likeness (QED) is 0.764. The Morgan fingerprint density at radius 2 is 2.12 bits per heavy atom. The van der Waals surface area contributed by atoms with Gasteiger partial charge >= 0.3 is 0 Å². The van der Waals surface area contributed by atoms with Crippen LogP contribution >= 0.6 is 12.2 Å². The van der Waals surface area contributed by atoms with Crippen LogP contribution in [-0.4, -0.2) is 27.1 Å². The Hall–Kier alpha value is -1.01. The van der Waals surface area contributed by atoms with E-state index in [0.717, 1.165) is 18.5 Å². The second-order valence-corrected chi connectivity index (χ2v) is 4.04. The Morgan fingerprint density at radius 3 is 2.56 bits per heavy atom. The largest absolute Gasteiger partial charge is 0.388 e. The van der Waals surface area contributed by atoms with Crippen LogP contribution < -0.4 is 5.73 Å². The lowest BCUT2D eigenvalue weighted by molar-refractivity contribution is 0.173. The van der Waals surface area contributed by atoms with Crippen molar-refractivity contribution in [2.45, 2.75) is 39.3 Å². The van der Waals surface area contributed by atoms with E-state index in [0.29, 0.717) is 18.3 Å². The SMILES string of the molecule is CCC(CC)n1nnc(C(N)=S)c1COC. The fraction of sp³-hybridized carbons (Fsp3) is 0.700. The van der Waals surface area contributed by atoms with Crippen LogP contribution in [0.3, 0.4) is 0 Å². The predicted molar refractivity (Wildman–Crippen MR) is 66.2 cm³/mol. The summed E-state index contributed by atoms with van der Waals surface area (Å²) in [6, 6.07) is 0.320. The molecule has 0 bridgehead atoms. The van der Waals surface area contributed by atoms with Crippen molar-refractivity contribution in [3.8, 4) is 0 Å². The molecule has 0 spiro atoms. The number of methoxy groups -OCH3 is 1. The first-order valence-electron chi connectivity index (χ1n) is 5.38. The first-order chi connectivity index (χ1) is 7.65. The molecule has 1 aromatic heterocycles. The summed E-state index contributed by atoms with van der Waals surface area (Å²) in [4.78, 5) is 0.268. The highest BCUT2D eigenvalue weighted by molar-refractivity contribution is 7.80. The lowest BCUT2D eigenvalue weighted by atomic mass is 10.1. The van der Waals surface area contributed by atoms with Gasteiger partial charge in [-0.2, -0.15) is 0 Å². The maximum absolute atomic E-state index is 5.60. The average molecular weight is 242 g/mol. The zero-order chi connectivity index (χ0) is 12.1. The summed E-state index contributed by atoms with van der Waals surface area (Å²) in [6.45, 7) is 4.66. The fourth-order valence-electron chi connectivity index (χ4n) is 1.70. The molecule has 1 rings (SSSR count). The van der Waals surface area contributed by atoms with E-state index in [4.69, 9.17) is 22.7 Å². The van der Waals surface area contributed by atoms with Crippen molar-refractivity contribution >= 4 is 17.2 Å². The minimum absolute atomic E-state index is 0.268. The maximum atomic E-state index is 5.60. The van der Waals surface area contributed by atoms with Crippen LogP contribution in [0.1, 0.15) is 44.1 Å². The summed E-state index contributed by atoms with van der Waals surface area (Å²) in [6.07, 6.45) is 1.99. The summed E-state index contributed by atoms with van der Waals surface area (Å²) in [5.41, 5.74) is 7.04. The third kappa shape index (κ3) is 2.56.